The minimum Gasteiger partial charge on any atom is -0.480 e. The van der Waals surface area contributed by atoms with E-state index in [9.17, 15) is 39.6 Å². The Morgan fingerprint density at radius 3 is 2.45 bits per heavy atom. The molecule has 1 unspecified atom stereocenters. The van der Waals surface area contributed by atoms with E-state index >= 15 is 0 Å². The number of halogens is 6. The first kappa shape index (κ1) is 24.8. The predicted octanol–water partition coefficient (Wildman–Crippen LogP) is 3.45. The zero-order chi connectivity index (χ0) is 24.8. The highest BCUT2D eigenvalue weighted by molar-refractivity contribution is 7.90. The molecule has 1 aromatic heterocycles. The van der Waals surface area contributed by atoms with Crippen LogP contribution in [0, 0.1) is 0 Å². The Labute approximate surface area is 183 Å². The van der Waals surface area contributed by atoms with Gasteiger partial charge in [-0.3, -0.25) is 4.79 Å². The third-order valence-electron chi connectivity index (χ3n) is 4.89. The van der Waals surface area contributed by atoms with Crippen LogP contribution in [0.15, 0.2) is 27.6 Å². The van der Waals surface area contributed by atoms with Crippen LogP contribution in [0.5, 0.6) is 5.75 Å². The fraction of sp³-hybridized carbons (Fsp3) is 0.500. The molecule has 1 fully saturated rings. The molecule has 0 aliphatic carbocycles. The highest BCUT2D eigenvalue weighted by Gasteiger charge is 2.41. The van der Waals surface area contributed by atoms with Crippen molar-refractivity contribution in [3.63, 3.8) is 0 Å². The summed E-state index contributed by atoms with van der Waals surface area (Å²) in [4.78, 5) is 17.1. The molecule has 33 heavy (non-hydrogen) atoms. The summed E-state index contributed by atoms with van der Waals surface area (Å²) >= 11 is 0. The first-order chi connectivity index (χ1) is 15.1. The third-order valence-corrected chi connectivity index (χ3v) is 6.00. The number of sulfone groups is 1. The number of aromatic nitrogens is 2. The Balaban J connectivity index is 1.88. The van der Waals surface area contributed by atoms with Crippen LogP contribution in [-0.2, 0) is 16.0 Å². The van der Waals surface area contributed by atoms with Gasteiger partial charge in [0.15, 0.2) is 15.9 Å². The molecule has 2 aromatic rings. The minimum absolute atomic E-state index is 0.00456. The van der Waals surface area contributed by atoms with Crippen molar-refractivity contribution in [2.75, 3.05) is 19.3 Å². The van der Waals surface area contributed by atoms with Gasteiger partial charge in [0.1, 0.15) is 5.75 Å². The second kappa shape index (κ2) is 8.50. The van der Waals surface area contributed by atoms with Gasteiger partial charge in [-0.2, -0.15) is 31.3 Å². The summed E-state index contributed by atoms with van der Waals surface area (Å²) in [7, 11) is -3.81. The van der Waals surface area contributed by atoms with Gasteiger partial charge in [0.05, 0.1) is 16.4 Å². The zero-order valence-corrected chi connectivity index (χ0v) is 17.9. The number of nitrogens with zero attached hydrogens (tertiary/aromatic N) is 3. The van der Waals surface area contributed by atoms with Crippen molar-refractivity contribution in [2.45, 2.75) is 42.6 Å². The van der Waals surface area contributed by atoms with Crippen molar-refractivity contribution < 1.29 is 48.8 Å². The molecule has 0 radical (unpaired) electrons. The molecule has 1 aliphatic heterocycles. The molecule has 0 spiro atoms. The molecular formula is C18H17F6N3O5S. The average molecular weight is 501 g/mol. The number of benzene rings is 1. The van der Waals surface area contributed by atoms with Gasteiger partial charge in [-0.15, -0.1) is 0 Å². The molecule has 1 aromatic carbocycles. The summed E-state index contributed by atoms with van der Waals surface area (Å²) in [5.41, 5.74) is -0.434. The van der Waals surface area contributed by atoms with Crippen LogP contribution in [0.1, 0.15) is 41.3 Å². The molecule has 15 heteroatoms. The predicted molar refractivity (Wildman–Crippen MR) is 98.3 cm³/mol. The van der Waals surface area contributed by atoms with Gasteiger partial charge in [0, 0.05) is 19.3 Å². The summed E-state index contributed by atoms with van der Waals surface area (Å²) in [6.45, 7) is 0.554. The summed E-state index contributed by atoms with van der Waals surface area (Å²) in [5.74, 6) is -3.90. The van der Waals surface area contributed by atoms with Crippen LogP contribution in [-0.4, -0.2) is 61.0 Å². The Hall–Kier alpha value is -2.84. The molecule has 0 saturated carbocycles. The van der Waals surface area contributed by atoms with Gasteiger partial charge in [0.2, 0.25) is 5.89 Å². The molecule has 0 N–H and O–H groups in total. The van der Waals surface area contributed by atoms with E-state index in [2.05, 4.69) is 14.7 Å². The molecule has 1 aliphatic rings. The number of rotatable bonds is 5. The highest BCUT2D eigenvalue weighted by Crippen LogP contribution is 2.34. The van der Waals surface area contributed by atoms with Crippen LogP contribution in [0.25, 0.3) is 0 Å². The Bertz CT molecular complexity index is 1150. The molecule has 1 saturated heterocycles. The number of ether oxygens (including phenoxy) is 1. The van der Waals surface area contributed by atoms with Gasteiger partial charge >= 0.3 is 12.4 Å². The van der Waals surface area contributed by atoms with Crippen molar-refractivity contribution >= 4 is 15.7 Å². The first-order valence-corrected chi connectivity index (χ1v) is 11.2. The van der Waals surface area contributed by atoms with Crippen LogP contribution < -0.4 is 4.74 Å². The van der Waals surface area contributed by atoms with E-state index in [1.807, 2.05) is 0 Å². The van der Waals surface area contributed by atoms with Crippen molar-refractivity contribution in [1.29, 1.82) is 0 Å². The smallest absolute Gasteiger partial charge is 0.455 e. The Kier molecular flexibility index (Phi) is 6.39. The van der Waals surface area contributed by atoms with Crippen LogP contribution in [0.2, 0.25) is 0 Å². The monoisotopic (exact) mass is 501 g/mol. The molecule has 8 nitrogen and oxygen atoms in total. The van der Waals surface area contributed by atoms with Crippen molar-refractivity contribution in [3.05, 3.63) is 35.5 Å². The molecular weight excluding hydrogens is 484 g/mol. The van der Waals surface area contributed by atoms with Crippen LogP contribution in [0.4, 0.5) is 26.3 Å². The minimum atomic E-state index is -4.82. The van der Waals surface area contributed by atoms with Crippen molar-refractivity contribution in [2.24, 2.45) is 0 Å². The van der Waals surface area contributed by atoms with Crippen molar-refractivity contribution in [3.8, 4) is 5.75 Å². The Morgan fingerprint density at radius 2 is 1.91 bits per heavy atom. The molecule has 3 rings (SSSR count). The highest BCUT2D eigenvalue weighted by atomic mass is 32.2. The molecule has 2 heterocycles. The number of alkyl halides is 6. The van der Waals surface area contributed by atoms with Crippen LogP contribution >= 0.6 is 0 Å². The van der Waals surface area contributed by atoms with Gasteiger partial charge in [0.25, 0.3) is 11.7 Å². The third kappa shape index (κ3) is 5.57. The molecule has 182 valence electrons. The fourth-order valence-corrected chi connectivity index (χ4v) is 3.75. The number of hydrogen-bond acceptors (Lipinski definition) is 7. The zero-order valence-electron chi connectivity index (χ0n) is 17.1. The van der Waals surface area contributed by atoms with Crippen LogP contribution in [0.3, 0.4) is 0 Å². The SMILES string of the molecule is C[C@@H](Oc1ccc(S(C)(=O)=O)cc1C(=O)N1CCC(c2nc(C(F)(F)F)no2)C1)C(F)(F)F. The second-order valence-electron chi connectivity index (χ2n) is 7.42. The lowest BCUT2D eigenvalue weighted by Crippen LogP contribution is -2.33. The standard InChI is InChI=1S/C18H17F6N3O5S/c1-9(17(19,20)21)31-13-4-3-11(33(2,29)30)7-12(13)15(28)27-6-5-10(8-27)14-25-16(26-32-14)18(22,23)24/h3-4,7,9-10H,5-6,8H2,1-2H3/t9-,10?/m1/s1. The van der Waals surface area contributed by atoms with Gasteiger partial charge in [-0.05, 0) is 31.5 Å². The normalized spacial score (nSPS) is 18.4. The number of amides is 1. The lowest BCUT2D eigenvalue weighted by atomic mass is 10.1. The maximum absolute atomic E-state index is 13.0. The summed E-state index contributed by atoms with van der Waals surface area (Å²) in [6.07, 6.45) is -10.9. The quantitative estimate of drug-likeness (QED) is 0.579. The maximum Gasteiger partial charge on any atom is 0.455 e. The largest absolute Gasteiger partial charge is 0.480 e. The van der Waals surface area contributed by atoms with Gasteiger partial charge < -0.3 is 14.2 Å². The van der Waals surface area contributed by atoms with E-state index in [-0.39, 0.29) is 30.3 Å². The number of likely N-dealkylation sites (tertiary alicyclic amines) is 1. The van der Waals surface area contributed by atoms with E-state index in [1.54, 1.807) is 0 Å². The Morgan fingerprint density at radius 1 is 1.24 bits per heavy atom. The van der Waals surface area contributed by atoms with E-state index < -0.39 is 57.3 Å². The van der Waals surface area contributed by atoms with E-state index in [1.165, 1.54) is 0 Å². The number of carbonyl (C=O) groups excluding carboxylic acids is 1. The molecule has 1 amide bonds. The van der Waals surface area contributed by atoms with E-state index in [0.29, 0.717) is 0 Å². The fourth-order valence-electron chi connectivity index (χ4n) is 3.10. The molecule has 0 bridgehead atoms. The summed E-state index contributed by atoms with van der Waals surface area (Å²) < 4.78 is 110. The maximum atomic E-state index is 13.0. The van der Waals surface area contributed by atoms with E-state index in [0.717, 1.165) is 36.3 Å². The van der Waals surface area contributed by atoms with E-state index in [4.69, 9.17) is 4.74 Å². The first-order valence-electron chi connectivity index (χ1n) is 9.35. The lowest BCUT2D eigenvalue weighted by molar-refractivity contribution is -0.189. The van der Waals surface area contributed by atoms with Crippen molar-refractivity contribution in [1.82, 2.24) is 15.0 Å². The molecule has 2 atom stereocenters. The summed E-state index contributed by atoms with van der Waals surface area (Å²) in [6, 6.07) is 2.86. The van der Waals surface area contributed by atoms with Gasteiger partial charge in [-0.1, -0.05) is 5.16 Å². The second-order valence-corrected chi connectivity index (χ2v) is 9.44. The number of hydrogen-bond donors (Lipinski definition) is 0. The summed E-state index contributed by atoms with van der Waals surface area (Å²) in [5, 5.41) is 2.86. The number of carbonyl (C=O) groups is 1. The average Bonchev–Trinajstić information content (AvgIpc) is 3.35. The topological polar surface area (TPSA) is 103 Å². The van der Waals surface area contributed by atoms with Gasteiger partial charge in [-0.25, -0.2) is 8.42 Å². The lowest BCUT2D eigenvalue weighted by Gasteiger charge is -2.22.